The number of carbonyl (C=O) groups is 2. The summed E-state index contributed by atoms with van der Waals surface area (Å²) in [5.41, 5.74) is 2.18. The highest BCUT2D eigenvalue weighted by Crippen LogP contribution is 2.40. The van der Waals surface area contributed by atoms with Crippen LogP contribution in [0.15, 0.2) is 83.4 Å². The summed E-state index contributed by atoms with van der Waals surface area (Å²) in [5, 5.41) is 15.5. The highest BCUT2D eigenvalue weighted by atomic mass is 32.2. The molecule has 0 unspecified atom stereocenters. The number of hydrogen-bond donors (Lipinski definition) is 1. The molecule has 0 saturated heterocycles. The Morgan fingerprint density at radius 1 is 1.06 bits per heavy atom. The molecule has 1 amide bonds. The maximum atomic E-state index is 12.9. The standard InChI is InChI=1S/C25H20N2O3S/c1-30-25(29)22-21(18-8-3-2-4-9-18)20(14-26)24(27-23(22)28)31-15-16-11-12-17-7-5-6-10-19(17)13-16/h2-13,21-22H,15H2,1H3,(H,27,28)/t21-,22-/m0/s1. The summed E-state index contributed by atoms with van der Waals surface area (Å²) in [6, 6.07) is 25.7. The number of thioether (sulfide) groups is 1. The minimum atomic E-state index is -1.10. The minimum absolute atomic E-state index is 0.368. The first-order valence-corrected chi connectivity index (χ1v) is 10.8. The Morgan fingerprint density at radius 3 is 2.48 bits per heavy atom. The Balaban J connectivity index is 1.69. The van der Waals surface area contributed by atoms with Gasteiger partial charge in [-0.25, -0.2) is 0 Å². The molecule has 1 aliphatic rings. The molecule has 0 aromatic heterocycles. The number of hydrogen-bond acceptors (Lipinski definition) is 5. The fourth-order valence-corrected chi connectivity index (χ4v) is 4.82. The van der Waals surface area contributed by atoms with Gasteiger partial charge in [0.25, 0.3) is 0 Å². The minimum Gasteiger partial charge on any atom is -0.468 e. The molecule has 154 valence electrons. The van der Waals surface area contributed by atoms with Gasteiger partial charge in [-0.2, -0.15) is 5.26 Å². The number of allylic oxidation sites excluding steroid dienone is 1. The molecule has 0 saturated carbocycles. The van der Waals surface area contributed by atoms with Crippen LogP contribution in [0.5, 0.6) is 0 Å². The summed E-state index contributed by atoms with van der Waals surface area (Å²) in [6.45, 7) is 0. The smallest absolute Gasteiger partial charge is 0.319 e. The van der Waals surface area contributed by atoms with Crippen molar-refractivity contribution in [2.24, 2.45) is 5.92 Å². The number of ether oxygens (including phenoxy) is 1. The van der Waals surface area contributed by atoms with Crippen molar-refractivity contribution in [2.75, 3.05) is 7.11 Å². The number of fused-ring (bicyclic) bond motifs is 1. The van der Waals surface area contributed by atoms with Gasteiger partial charge in [0, 0.05) is 11.7 Å². The monoisotopic (exact) mass is 428 g/mol. The summed E-state index contributed by atoms with van der Waals surface area (Å²) in [5.74, 6) is -2.33. The molecule has 3 aromatic rings. The molecule has 31 heavy (non-hydrogen) atoms. The Hall–Kier alpha value is -3.56. The first-order chi connectivity index (χ1) is 15.1. The largest absolute Gasteiger partial charge is 0.468 e. The maximum absolute atomic E-state index is 12.9. The van der Waals surface area contributed by atoms with E-state index in [0.29, 0.717) is 16.4 Å². The third kappa shape index (κ3) is 4.18. The average molecular weight is 429 g/mol. The van der Waals surface area contributed by atoms with Gasteiger partial charge in [-0.1, -0.05) is 72.8 Å². The van der Waals surface area contributed by atoms with E-state index >= 15 is 0 Å². The molecule has 6 heteroatoms. The van der Waals surface area contributed by atoms with E-state index in [2.05, 4.69) is 35.7 Å². The normalized spacial score (nSPS) is 18.4. The van der Waals surface area contributed by atoms with Crippen LogP contribution in [0.4, 0.5) is 0 Å². The molecule has 3 aromatic carbocycles. The Bertz CT molecular complexity index is 1210. The van der Waals surface area contributed by atoms with E-state index in [4.69, 9.17) is 4.74 Å². The van der Waals surface area contributed by atoms with Crippen molar-refractivity contribution in [1.29, 1.82) is 5.26 Å². The van der Waals surface area contributed by atoms with Gasteiger partial charge in [-0.3, -0.25) is 9.59 Å². The lowest BCUT2D eigenvalue weighted by molar-refractivity contribution is -0.150. The number of rotatable bonds is 5. The highest BCUT2D eigenvalue weighted by molar-refractivity contribution is 8.02. The van der Waals surface area contributed by atoms with E-state index in [1.807, 2.05) is 48.5 Å². The van der Waals surface area contributed by atoms with Crippen molar-refractivity contribution >= 4 is 34.4 Å². The zero-order valence-corrected chi connectivity index (χ0v) is 17.7. The Kier molecular flexibility index (Phi) is 6.06. The van der Waals surface area contributed by atoms with Crippen LogP contribution in [0.2, 0.25) is 0 Å². The molecule has 0 spiro atoms. The van der Waals surface area contributed by atoms with Crippen LogP contribution in [-0.4, -0.2) is 19.0 Å². The van der Waals surface area contributed by atoms with Crippen molar-refractivity contribution in [2.45, 2.75) is 11.7 Å². The van der Waals surface area contributed by atoms with Gasteiger partial charge in [-0.15, -0.1) is 11.8 Å². The molecule has 1 heterocycles. The molecule has 1 N–H and O–H groups in total. The first-order valence-electron chi connectivity index (χ1n) is 9.80. The number of nitriles is 1. The number of nitrogens with zero attached hydrogens (tertiary/aromatic N) is 1. The lowest BCUT2D eigenvalue weighted by Gasteiger charge is -2.31. The number of amides is 1. The van der Waals surface area contributed by atoms with Crippen LogP contribution in [0.25, 0.3) is 10.8 Å². The molecule has 0 bridgehead atoms. The topological polar surface area (TPSA) is 79.2 Å². The molecular formula is C25H20N2O3S. The molecule has 5 nitrogen and oxygen atoms in total. The highest BCUT2D eigenvalue weighted by Gasteiger charge is 2.44. The van der Waals surface area contributed by atoms with Crippen LogP contribution in [-0.2, 0) is 20.1 Å². The fourth-order valence-electron chi connectivity index (χ4n) is 3.82. The van der Waals surface area contributed by atoms with Crippen molar-refractivity contribution in [1.82, 2.24) is 5.32 Å². The summed E-state index contributed by atoms with van der Waals surface area (Å²) in [4.78, 5) is 25.3. The Morgan fingerprint density at radius 2 is 1.77 bits per heavy atom. The van der Waals surface area contributed by atoms with Crippen LogP contribution >= 0.6 is 11.8 Å². The van der Waals surface area contributed by atoms with Gasteiger partial charge in [0.1, 0.15) is 5.92 Å². The van der Waals surface area contributed by atoms with Crippen molar-refractivity contribution < 1.29 is 14.3 Å². The van der Waals surface area contributed by atoms with Crippen molar-refractivity contribution in [3.63, 3.8) is 0 Å². The van der Waals surface area contributed by atoms with E-state index in [0.717, 1.165) is 21.9 Å². The predicted octanol–water partition coefficient (Wildman–Crippen LogP) is 4.51. The Labute approximate surface area is 184 Å². The summed E-state index contributed by atoms with van der Waals surface area (Å²) in [7, 11) is 1.25. The van der Waals surface area contributed by atoms with Crippen LogP contribution < -0.4 is 5.32 Å². The lowest BCUT2D eigenvalue weighted by Crippen LogP contribution is -2.44. The van der Waals surface area contributed by atoms with Crippen LogP contribution in [0.3, 0.4) is 0 Å². The summed E-state index contributed by atoms with van der Waals surface area (Å²) in [6.07, 6.45) is 0. The molecular weight excluding hydrogens is 408 g/mol. The quantitative estimate of drug-likeness (QED) is 0.478. The second-order valence-electron chi connectivity index (χ2n) is 7.20. The molecule has 0 radical (unpaired) electrons. The van der Waals surface area contributed by atoms with E-state index in [9.17, 15) is 14.9 Å². The van der Waals surface area contributed by atoms with Crippen LogP contribution in [0, 0.1) is 17.2 Å². The maximum Gasteiger partial charge on any atom is 0.319 e. The second kappa shape index (κ2) is 9.07. The van der Waals surface area contributed by atoms with Gasteiger partial charge in [-0.05, 0) is 21.9 Å². The average Bonchev–Trinajstić information content (AvgIpc) is 2.82. The summed E-state index contributed by atoms with van der Waals surface area (Å²) < 4.78 is 4.87. The third-order valence-electron chi connectivity index (χ3n) is 5.34. The van der Waals surface area contributed by atoms with Gasteiger partial charge < -0.3 is 10.1 Å². The van der Waals surface area contributed by atoms with Crippen molar-refractivity contribution in [3.8, 4) is 6.07 Å². The molecule has 1 aliphatic heterocycles. The van der Waals surface area contributed by atoms with E-state index < -0.39 is 23.7 Å². The summed E-state index contributed by atoms with van der Waals surface area (Å²) >= 11 is 1.39. The van der Waals surface area contributed by atoms with Gasteiger partial charge in [0.2, 0.25) is 5.91 Å². The molecule has 2 atom stereocenters. The third-order valence-corrected chi connectivity index (χ3v) is 6.43. The molecule has 0 aliphatic carbocycles. The molecule has 4 rings (SSSR count). The number of benzene rings is 3. The lowest BCUT2D eigenvalue weighted by atomic mass is 9.78. The van der Waals surface area contributed by atoms with E-state index in [1.165, 1.54) is 18.9 Å². The van der Waals surface area contributed by atoms with Crippen LogP contribution in [0.1, 0.15) is 17.0 Å². The van der Waals surface area contributed by atoms with E-state index in [1.54, 1.807) is 0 Å². The number of esters is 1. The second-order valence-corrected chi connectivity index (χ2v) is 8.19. The van der Waals surface area contributed by atoms with Gasteiger partial charge in [0.05, 0.1) is 23.8 Å². The van der Waals surface area contributed by atoms with E-state index in [-0.39, 0.29) is 0 Å². The van der Waals surface area contributed by atoms with Gasteiger partial charge in [0.15, 0.2) is 0 Å². The molecule has 0 fully saturated rings. The SMILES string of the molecule is COC(=O)[C@@H]1C(=O)NC(SCc2ccc3ccccc3c2)=C(C#N)[C@@H]1c1ccccc1. The number of carbonyl (C=O) groups excluding carboxylic acids is 2. The zero-order valence-electron chi connectivity index (χ0n) is 16.9. The number of methoxy groups -OCH3 is 1. The first kappa shape index (κ1) is 20.7. The number of nitrogens with one attached hydrogen (secondary N) is 1. The fraction of sp³-hybridized carbons (Fsp3) is 0.160. The van der Waals surface area contributed by atoms with Crippen molar-refractivity contribution in [3.05, 3.63) is 94.5 Å². The predicted molar refractivity (Wildman–Crippen MR) is 121 cm³/mol. The van der Waals surface area contributed by atoms with Gasteiger partial charge >= 0.3 is 5.97 Å². The zero-order chi connectivity index (χ0) is 21.8.